The zero-order chi connectivity index (χ0) is 9.73. The number of hydrogen-bond donors (Lipinski definition) is 1. The average Bonchev–Trinajstić information content (AvgIpc) is 2.48. The Bertz CT molecular complexity index is 331. The molecule has 0 spiro atoms. The molecule has 1 heterocycles. The van der Waals surface area contributed by atoms with Gasteiger partial charge in [0.15, 0.2) is 0 Å². The van der Waals surface area contributed by atoms with Gasteiger partial charge in [-0.3, -0.25) is 0 Å². The minimum absolute atomic E-state index is 0.488. The minimum atomic E-state index is -3.03. The van der Waals surface area contributed by atoms with Crippen LogP contribution in [0.1, 0.15) is 0 Å². The van der Waals surface area contributed by atoms with Gasteiger partial charge in [-0.25, -0.2) is 13.1 Å². The molecule has 0 aliphatic heterocycles. The van der Waals surface area contributed by atoms with Crippen LogP contribution >= 0.6 is 23.1 Å². The van der Waals surface area contributed by atoms with Crippen molar-refractivity contribution in [2.75, 3.05) is 18.6 Å². The summed E-state index contributed by atoms with van der Waals surface area (Å²) in [5.41, 5.74) is 0. The number of hydrogen-bond acceptors (Lipinski definition) is 4. The normalized spacial score (nSPS) is 11.8. The zero-order valence-corrected chi connectivity index (χ0v) is 9.64. The van der Waals surface area contributed by atoms with Gasteiger partial charge in [-0.2, -0.15) is 0 Å². The van der Waals surface area contributed by atoms with E-state index in [2.05, 4.69) is 4.72 Å². The van der Waals surface area contributed by atoms with Crippen LogP contribution in [0.3, 0.4) is 0 Å². The van der Waals surface area contributed by atoms with Gasteiger partial charge in [-0.1, -0.05) is 6.07 Å². The molecule has 0 aromatic carbocycles. The maximum Gasteiger partial charge on any atom is 0.208 e. The Morgan fingerprint density at radius 1 is 1.62 bits per heavy atom. The van der Waals surface area contributed by atoms with E-state index >= 15 is 0 Å². The molecule has 0 unspecified atom stereocenters. The van der Waals surface area contributed by atoms with Crippen molar-refractivity contribution in [1.29, 1.82) is 0 Å². The number of sulfonamides is 1. The van der Waals surface area contributed by atoms with Crippen molar-refractivity contribution >= 4 is 33.1 Å². The molecule has 0 fully saturated rings. The predicted molar refractivity (Wildman–Crippen MR) is 57.9 cm³/mol. The summed E-state index contributed by atoms with van der Waals surface area (Å²) in [7, 11) is -3.03. The molecule has 1 aromatic rings. The lowest BCUT2D eigenvalue weighted by Gasteiger charge is -1.99. The Kier molecular flexibility index (Phi) is 4.24. The molecule has 1 aromatic heterocycles. The summed E-state index contributed by atoms with van der Waals surface area (Å²) < 4.78 is 25.0. The van der Waals surface area contributed by atoms with E-state index < -0.39 is 10.0 Å². The molecule has 74 valence electrons. The van der Waals surface area contributed by atoms with Crippen LogP contribution in [0.2, 0.25) is 0 Å². The van der Waals surface area contributed by atoms with E-state index in [4.69, 9.17) is 0 Å². The highest BCUT2D eigenvalue weighted by molar-refractivity contribution is 8.01. The van der Waals surface area contributed by atoms with Crippen LogP contribution in [0.4, 0.5) is 0 Å². The maximum atomic E-state index is 10.7. The van der Waals surface area contributed by atoms with E-state index in [9.17, 15) is 8.42 Å². The van der Waals surface area contributed by atoms with Gasteiger partial charge in [0.05, 0.1) is 10.5 Å². The van der Waals surface area contributed by atoms with E-state index in [1.54, 1.807) is 23.1 Å². The van der Waals surface area contributed by atoms with E-state index in [0.717, 1.165) is 5.75 Å². The van der Waals surface area contributed by atoms with Crippen molar-refractivity contribution in [3.63, 3.8) is 0 Å². The molecule has 0 atom stereocenters. The van der Waals surface area contributed by atoms with Crippen molar-refractivity contribution in [2.24, 2.45) is 0 Å². The van der Waals surface area contributed by atoms with Gasteiger partial charge in [-0.05, 0) is 11.4 Å². The van der Waals surface area contributed by atoms with Crippen LogP contribution in [0, 0.1) is 0 Å². The Morgan fingerprint density at radius 2 is 2.38 bits per heavy atom. The summed E-state index contributed by atoms with van der Waals surface area (Å²) in [4.78, 5) is 0. The average molecular weight is 237 g/mol. The van der Waals surface area contributed by atoms with Crippen LogP contribution in [0.5, 0.6) is 0 Å². The Balaban J connectivity index is 2.16. The molecule has 0 bridgehead atoms. The molecule has 0 aliphatic carbocycles. The van der Waals surface area contributed by atoms with Gasteiger partial charge in [0.25, 0.3) is 0 Å². The van der Waals surface area contributed by atoms with E-state index in [1.165, 1.54) is 10.5 Å². The third-order valence-electron chi connectivity index (χ3n) is 1.21. The van der Waals surface area contributed by atoms with Crippen LogP contribution in [-0.4, -0.2) is 27.0 Å². The maximum absolute atomic E-state index is 10.7. The molecule has 1 N–H and O–H groups in total. The van der Waals surface area contributed by atoms with Crippen LogP contribution < -0.4 is 4.72 Å². The molecule has 3 nitrogen and oxygen atoms in total. The van der Waals surface area contributed by atoms with Crippen LogP contribution in [-0.2, 0) is 10.0 Å². The summed E-state index contributed by atoms with van der Waals surface area (Å²) in [6.07, 6.45) is 1.17. The molecule has 0 aliphatic rings. The molecule has 1 rings (SSSR count). The van der Waals surface area contributed by atoms with Gasteiger partial charge in [0.2, 0.25) is 10.0 Å². The second-order valence-electron chi connectivity index (χ2n) is 2.45. The van der Waals surface area contributed by atoms with Gasteiger partial charge >= 0.3 is 0 Å². The highest BCUT2D eigenvalue weighted by atomic mass is 32.2. The fraction of sp³-hybridized carbons (Fsp3) is 0.429. The van der Waals surface area contributed by atoms with Gasteiger partial charge < -0.3 is 0 Å². The first-order valence-corrected chi connectivity index (χ1v) is 7.44. The van der Waals surface area contributed by atoms with Gasteiger partial charge in [0.1, 0.15) is 0 Å². The zero-order valence-electron chi connectivity index (χ0n) is 7.19. The summed E-state index contributed by atoms with van der Waals surface area (Å²) in [5.74, 6) is 0.771. The first-order chi connectivity index (χ1) is 6.08. The first-order valence-electron chi connectivity index (χ1n) is 3.69. The lowest BCUT2D eigenvalue weighted by Crippen LogP contribution is -2.24. The van der Waals surface area contributed by atoms with Crippen LogP contribution in [0.15, 0.2) is 21.7 Å². The fourth-order valence-electron chi connectivity index (χ4n) is 0.724. The highest BCUT2D eigenvalue weighted by Crippen LogP contribution is 2.22. The topological polar surface area (TPSA) is 46.2 Å². The van der Waals surface area contributed by atoms with E-state index in [0.29, 0.717) is 6.54 Å². The highest BCUT2D eigenvalue weighted by Gasteiger charge is 1.99. The monoisotopic (exact) mass is 237 g/mol. The minimum Gasteiger partial charge on any atom is -0.215 e. The molecule has 13 heavy (non-hydrogen) atoms. The molecule has 0 radical (unpaired) electrons. The predicted octanol–water partition coefficient (Wildman–Crippen LogP) is 1.39. The Hall–Kier alpha value is -0.0400. The van der Waals surface area contributed by atoms with Crippen LogP contribution in [0.25, 0.3) is 0 Å². The summed E-state index contributed by atoms with van der Waals surface area (Å²) >= 11 is 3.33. The quantitative estimate of drug-likeness (QED) is 0.622. The lowest BCUT2D eigenvalue weighted by molar-refractivity contribution is 0.590. The summed E-state index contributed by atoms with van der Waals surface area (Å²) in [6.45, 7) is 0.488. The smallest absolute Gasteiger partial charge is 0.208 e. The first kappa shape index (κ1) is 11.0. The molecular formula is C7H11NO2S3. The Labute approximate surface area is 86.6 Å². The molecule has 6 heteroatoms. The second-order valence-corrected chi connectivity index (χ2v) is 6.62. The van der Waals surface area contributed by atoms with Gasteiger partial charge in [0, 0.05) is 12.3 Å². The molecule has 0 saturated carbocycles. The number of rotatable bonds is 5. The van der Waals surface area contributed by atoms with Crippen molar-refractivity contribution in [1.82, 2.24) is 4.72 Å². The van der Waals surface area contributed by atoms with E-state index in [1.807, 2.05) is 17.5 Å². The van der Waals surface area contributed by atoms with Crippen molar-refractivity contribution in [2.45, 2.75) is 4.21 Å². The molecule has 0 saturated heterocycles. The number of nitrogens with one attached hydrogen (secondary N) is 1. The molecule has 0 amide bonds. The third kappa shape index (κ3) is 5.30. The second kappa shape index (κ2) is 4.99. The largest absolute Gasteiger partial charge is 0.215 e. The van der Waals surface area contributed by atoms with E-state index in [-0.39, 0.29) is 0 Å². The van der Waals surface area contributed by atoms with Crippen molar-refractivity contribution in [3.05, 3.63) is 17.5 Å². The SMILES string of the molecule is CS(=O)(=O)NCCSc1cccs1. The number of thiophene rings is 1. The van der Waals surface area contributed by atoms with Gasteiger partial charge in [-0.15, -0.1) is 23.1 Å². The summed E-state index contributed by atoms with van der Waals surface area (Å²) in [6, 6.07) is 4.01. The van der Waals surface area contributed by atoms with Crippen molar-refractivity contribution < 1.29 is 8.42 Å². The Morgan fingerprint density at radius 3 is 2.92 bits per heavy atom. The molecular weight excluding hydrogens is 226 g/mol. The summed E-state index contributed by atoms with van der Waals surface area (Å²) in [5, 5.41) is 2.01. The lowest BCUT2D eigenvalue weighted by atomic mass is 10.7. The third-order valence-corrected chi connectivity index (χ3v) is 4.07. The number of thioether (sulfide) groups is 1. The standard InChI is InChI=1S/C7H11NO2S3/c1-13(9,10)8-4-6-12-7-3-2-5-11-7/h2-3,5,8H,4,6H2,1H3. The fourth-order valence-corrected chi connectivity index (χ4v) is 3.04. The van der Waals surface area contributed by atoms with Crippen molar-refractivity contribution in [3.8, 4) is 0 Å².